The fraction of sp³-hybridized carbons (Fsp3) is 0.682. The molecule has 3 heterocycles. The second-order valence-corrected chi connectivity index (χ2v) is 8.18. The molecule has 0 saturated carbocycles. The van der Waals surface area contributed by atoms with Gasteiger partial charge in [0.15, 0.2) is 5.96 Å². The van der Waals surface area contributed by atoms with Gasteiger partial charge in [-0.2, -0.15) is 0 Å². The Kier molecular flexibility index (Phi) is 8.13. The van der Waals surface area contributed by atoms with Crippen molar-refractivity contribution in [1.29, 1.82) is 0 Å². The predicted molar refractivity (Wildman–Crippen MR) is 118 cm³/mol. The van der Waals surface area contributed by atoms with Crippen LogP contribution in [0.1, 0.15) is 25.8 Å². The molecule has 6 nitrogen and oxygen atoms in total. The van der Waals surface area contributed by atoms with E-state index in [1.165, 1.54) is 38.3 Å². The third kappa shape index (κ3) is 6.19. The Bertz CT molecular complexity index is 596. The van der Waals surface area contributed by atoms with Crippen LogP contribution in [0.5, 0.6) is 0 Å². The molecule has 3 fully saturated rings. The minimum Gasteiger partial charge on any atom is -0.357 e. The number of aliphatic imine (C=N–C) groups is 1. The lowest BCUT2D eigenvalue weighted by atomic mass is 10.1. The monoisotopic (exact) mass is 386 g/mol. The largest absolute Gasteiger partial charge is 0.357 e. The van der Waals surface area contributed by atoms with Crippen LogP contribution in [0, 0.1) is 0 Å². The Morgan fingerprint density at radius 3 is 2.57 bits per heavy atom. The number of hydrogen-bond donors (Lipinski definition) is 2. The molecule has 1 aromatic rings. The smallest absolute Gasteiger partial charge is 0.191 e. The lowest BCUT2D eigenvalue weighted by Gasteiger charge is -2.47. The topological polar surface area (TPSA) is 46.1 Å². The van der Waals surface area contributed by atoms with Gasteiger partial charge >= 0.3 is 0 Å². The van der Waals surface area contributed by atoms with Crippen molar-refractivity contribution < 1.29 is 0 Å². The molecule has 3 aliphatic rings. The molecule has 2 N–H and O–H groups in total. The molecule has 2 bridgehead atoms. The highest BCUT2D eigenvalue weighted by atomic mass is 15.3. The van der Waals surface area contributed by atoms with Crippen molar-refractivity contribution in [3.8, 4) is 0 Å². The van der Waals surface area contributed by atoms with E-state index in [0.717, 1.165) is 38.6 Å². The van der Waals surface area contributed by atoms with Crippen LogP contribution in [0.2, 0.25) is 0 Å². The average Bonchev–Trinajstić information content (AvgIpc) is 2.73. The molecule has 2 atom stereocenters. The van der Waals surface area contributed by atoms with Crippen LogP contribution in [-0.4, -0.2) is 92.1 Å². The fourth-order valence-corrected chi connectivity index (χ4v) is 4.08. The fourth-order valence-electron chi connectivity index (χ4n) is 4.08. The molecule has 0 aromatic heterocycles. The molecule has 0 aliphatic carbocycles. The van der Waals surface area contributed by atoms with Gasteiger partial charge in [-0.1, -0.05) is 30.3 Å². The highest BCUT2D eigenvalue weighted by molar-refractivity contribution is 5.79. The highest BCUT2D eigenvalue weighted by Gasteiger charge is 2.31. The van der Waals surface area contributed by atoms with Crippen molar-refractivity contribution in [2.24, 2.45) is 4.99 Å². The Labute approximate surface area is 171 Å². The SMILES string of the molecule is CCNC(=NCC1CN2CCN1CC2)NCCC(C)N(C)Cc1ccccc1. The maximum absolute atomic E-state index is 4.88. The number of guanidine groups is 1. The number of fused-ring (bicyclic) bond motifs is 3. The maximum Gasteiger partial charge on any atom is 0.191 e. The van der Waals surface area contributed by atoms with Gasteiger partial charge in [-0.05, 0) is 32.9 Å². The zero-order valence-corrected chi connectivity index (χ0v) is 17.9. The van der Waals surface area contributed by atoms with Gasteiger partial charge in [0.05, 0.1) is 6.54 Å². The van der Waals surface area contributed by atoms with Crippen molar-refractivity contribution >= 4 is 5.96 Å². The summed E-state index contributed by atoms with van der Waals surface area (Å²) in [5, 5.41) is 6.94. The van der Waals surface area contributed by atoms with E-state index in [4.69, 9.17) is 4.99 Å². The summed E-state index contributed by atoms with van der Waals surface area (Å²) in [7, 11) is 2.21. The third-order valence-corrected chi connectivity index (χ3v) is 6.08. The quantitative estimate of drug-likeness (QED) is 0.497. The van der Waals surface area contributed by atoms with Crippen molar-refractivity contribution in [2.45, 2.75) is 38.9 Å². The number of hydrogen-bond acceptors (Lipinski definition) is 4. The van der Waals surface area contributed by atoms with Crippen molar-refractivity contribution in [3.63, 3.8) is 0 Å². The normalized spacial score (nSPS) is 25.7. The number of piperazine rings is 3. The van der Waals surface area contributed by atoms with Gasteiger partial charge in [0, 0.05) is 64.4 Å². The van der Waals surface area contributed by atoms with E-state index in [9.17, 15) is 0 Å². The number of nitrogens with one attached hydrogen (secondary N) is 2. The highest BCUT2D eigenvalue weighted by Crippen LogP contribution is 2.15. The van der Waals surface area contributed by atoms with Gasteiger partial charge in [0.2, 0.25) is 0 Å². The summed E-state index contributed by atoms with van der Waals surface area (Å²) in [5.74, 6) is 0.957. The van der Waals surface area contributed by atoms with Gasteiger partial charge in [-0.3, -0.25) is 19.7 Å². The van der Waals surface area contributed by atoms with Crippen molar-refractivity contribution in [2.75, 3.05) is 59.4 Å². The van der Waals surface area contributed by atoms with Crippen LogP contribution in [0.15, 0.2) is 35.3 Å². The van der Waals surface area contributed by atoms with Gasteiger partial charge < -0.3 is 10.6 Å². The summed E-state index contributed by atoms with van der Waals surface area (Å²) in [6, 6.07) is 11.8. The Morgan fingerprint density at radius 2 is 1.93 bits per heavy atom. The Balaban J connectivity index is 1.41. The molecule has 1 aromatic carbocycles. The van der Waals surface area contributed by atoms with Crippen molar-refractivity contribution in [3.05, 3.63) is 35.9 Å². The molecule has 4 rings (SSSR count). The van der Waals surface area contributed by atoms with E-state index >= 15 is 0 Å². The van der Waals surface area contributed by atoms with E-state index in [2.05, 4.69) is 76.6 Å². The zero-order chi connectivity index (χ0) is 19.8. The molecule has 0 spiro atoms. The van der Waals surface area contributed by atoms with Crippen LogP contribution in [0.3, 0.4) is 0 Å². The first-order valence-electron chi connectivity index (χ1n) is 10.9. The molecule has 0 radical (unpaired) electrons. The van der Waals surface area contributed by atoms with E-state index < -0.39 is 0 Å². The molecule has 3 aliphatic heterocycles. The van der Waals surface area contributed by atoms with Crippen LogP contribution in [0.4, 0.5) is 0 Å². The molecule has 28 heavy (non-hydrogen) atoms. The first-order chi connectivity index (χ1) is 13.7. The molecular formula is C22H38N6. The standard InChI is InChI=1S/C22H38N6/c1-4-23-22(25-16-21-18-27-12-14-28(21)15-13-27)24-11-10-19(2)26(3)17-20-8-6-5-7-9-20/h5-9,19,21H,4,10-18H2,1-3H3,(H2,23,24,25). The summed E-state index contributed by atoms with van der Waals surface area (Å²) in [4.78, 5) is 12.5. The van der Waals surface area contributed by atoms with Crippen molar-refractivity contribution in [1.82, 2.24) is 25.3 Å². The second kappa shape index (κ2) is 10.8. The average molecular weight is 387 g/mol. The van der Waals surface area contributed by atoms with E-state index in [0.29, 0.717) is 12.1 Å². The van der Waals surface area contributed by atoms with Gasteiger partial charge in [0.1, 0.15) is 0 Å². The van der Waals surface area contributed by atoms with Crippen LogP contribution in [0.25, 0.3) is 0 Å². The minimum absolute atomic E-state index is 0.517. The lowest BCUT2D eigenvalue weighted by molar-refractivity contribution is 0.0174. The molecule has 2 unspecified atom stereocenters. The summed E-state index contributed by atoms with van der Waals surface area (Å²) in [5.41, 5.74) is 1.37. The summed E-state index contributed by atoms with van der Waals surface area (Å²) in [6.07, 6.45) is 1.09. The van der Waals surface area contributed by atoms with E-state index in [1.807, 2.05) is 0 Å². The summed E-state index contributed by atoms with van der Waals surface area (Å²) in [6.45, 7) is 14.2. The summed E-state index contributed by atoms with van der Waals surface area (Å²) < 4.78 is 0. The van der Waals surface area contributed by atoms with E-state index in [-0.39, 0.29) is 0 Å². The first kappa shape index (κ1) is 21.1. The number of benzene rings is 1. The maximum atomic E-state index is 4.88. The lowest BCUT2D eigenvalue weighted by Crippen LogP contribution is -2.62. The third-order valence-electron chi connectivity index (χ3n) is 6.08. The molecule has 3 saturated heterocycles. The van der Waals surface area contributed by atoms with Crippen LogP contribution >= 0.6 is 0 Å². The molecule has 6 heteroatoms. The molecular weight excluding hydrogens is 348 g/mol. The van der Waals surface area contributed by atoms with Gasteiger partial charge in [0.25, 0.3) is 0 Å². The predicted octanol–water partition coefficient (Wildman–Crippen LogP) is 1.45. The van der Waals surface area contributed by atoms with E-state index in [1.54, 1.807) is 0 Å². The molecule has 0 amide bonds. The minimum atomic E-state index is 0.517. The molecule has 156 valence electrons. The summed E-state index contributed by atoms with van der Waals surface area (Å²) >= 11 is 0. The van der Waals surface area contributed by atoms with Gasteiger partial charge in [-0.15, -0.1) is 0 Å². The number of nitrogens with zero attached hydrogens (tertiary/aromatic N) is 4. The number of rotatable bonds is 9. The zero-order valence-electron chi connectivity index (χ0n) is 17.9. The Hall–Kier alpha value is -1.63. The van der Waals surface area contributed by atoms with Crippen LogP contribution < -0.4 is 10.6 Å². The Morgan fingerprint density at radius 1 is 1.18 bits per heavy atom. The van der Waals surface area contributed by atoms with Crippen LogP contribution in [-0.2, 0) is 6.54 Å². The second-order valence-electron chi connectivity index (χ2n) is 8.18. The first-order valence-corrected chi connectivity index (χ1v) is 10.9. The van der Waals surface area contributed by atoms with Gasteiger partial charge in [-0.25, -0.2) is 0 Å².